The first-order chi connectivity index (χ1) is 7.76. The molecular weight excluding hydrogens is 198 g/mol. The highest BCUT2D eigenvalue weighted by Crippen LogP contribution is 2.06. The largest absolute Gasteiger partial charge is 0.377 e. The molecule has 1 aromatic carbocycles. The van der Waals surface area contributed by atoms with Crippen molar-refractivity contribution in [2.24, 2.45) is 0 Å². The average Bonchev–Trinajstić information content (AvgIpc) is 2.34. The van der Waals surface area contributed by atoms with Gasteiger partial charge in [0, 0.05) is 19.2 Å². The molecule has 0 aliphatic carbocycles. The molecule has 0 heterocycles. The van der Waals surface area contributed by atoms with Gasteiger partial charge in [-0.3, -0.25) is 0 Å². The van der Waals surface area contributed by atoms with Crippen molar-refractivity contribution >= 4 is 0 Å². The molecule has 1 unspecified atom stereocenters. The van der Waals surface area contributed by atoms with Crippen LogP contribution in [0.5, 0.6) is 0 Å². The van der Waals surface area contributed by atoms with Gasteiger partial charge in [0.25, 0.3) is 0 Å². The van der Waals surface area contributed by atoms with Crippen LogP contribution in [-0.4, -0.2) is 12.6 Å². The van der Waals surface area contributed by atoms with Crippen molar-refractivity contribution in [3.05, 3.63) is 35.4 Å². The van der Waals surface area contributed by atoms with Crippen LogP contribution in [0.2, 0.25) is 0 Å². The van der Waals surface area contributed by atoms with Crippen LogP contribution in [0.1, 0.15) is 38.3 Å². The molecule has 16 heavy (non-hydrogen) atoms. The monoisotopic (exact) mass is 221 g/mol. The minimum absolute atomic E-state index is 0.586. The number of ether oxygens (including phenoxy) is 1. The smallest absolute Gasteiger partial charge is 0.0716 e. The topological polar surface area (TPSA) is 21.3 Å². The second kappa shape index (κ2) is 7.42. The number of hydrogen-bond donors (Lipinski definition) is 1. The van der Waals surface area contributed by atoms with Gasteiger partial charge in [-0.05, 0) is 31.4 Å². The molecule has 2 heteroatoms. The van der Waals surface area contributed by atoms with Crippen molar-refractivity contribution in [1.82, 2.24) is 5.32 Å². The minimum Gasteiger partial charge on any atom is -0.377 e. The van der Waals surface area contributed by atoms with Crippen LogP contribution < -0.4 is 5.32 Å². The first-order valence-corrected chi connectivity index (χ1v) is 6.15. The summed E-state index contributed by atoms with van der Waals surface area (Å²) < 4.78 is 5.36. The second-order valence-corrected chi connectivity index (χ2v) is 4.14. The summed E-state index contributed by atoms with van der Waals surface area (Å²) >= 11 is 0. The van der Waals surface area contributed by atoms with E-state index in [1.165, 1.54) is 17.5 Å². The Hall–Kier alpha value is -0.860. The van der Waals surface area contributed by atoms with Crippen LogP contribution in [0.25, 0.3) is 0 Å². The van der Waals surface area contributed by atoms with Crippen molar-refractivity contribution in [3.8, 4) is 0 Å². The Balaban J connectivity index is 2.38. The van der Waals surface area contributed by atoms with E-state index in [4.69, 9.17) is 4.74 Å². The van der Waals surface area contributed by atoms with Crippen molar-refractivity contribution in [2.75, 3.05) is 6.61 Å². The molecule has 0 saturated heterocycles. The van der Waals surface area contributed by atoms with Crippen LogP contribution in [0.3, 0.4) is 0 Å². The Morgan fingerprint density at radius 1 is 1.12 bits per heavy atom. The Morgan fingerprint density at radius 2 is 1.75 bits per heavy atom. The van der Waals surface area contributed by atoms with Crippen molar-refractivity contribution in [3.63, 3.8) is 0 Å². The molecule has 1 N–H and O–H groups in total. The lowest BCUT2D eigenvalue weighted by Crippen LogP contribution is -2.24. The summed E-state index contributed by atoms with van der Waals surface area (Å²) in [7, 11) is 0. The summed E-state index contributed by atoms with van der Waals surface area (Å²) in [6, 6.07) is 9.21. The van der Waals surface area contributed by atoms with E-state index in [0.29, 0.717) is 6.04 Å². The molecule has 0 fully saturated rings. The summed E-state index contributed by atoms with van der Waals surface area (Å²) in [4.78, 5) is 0. The highest BCUT2D eigenvalue weighted by Gasteiger charge is 1.98. The quantitative estimate of drug-likeness (QED) is 0.764. The third-order valence-corrected chi connectivity index (χ3v) is 2.76. The molecule has 0 aliphatic heterocycles. The lowest BCUT2D eigenvalue weighted by molar-refractivity contribution is 0.134. The molecule has 1 rings (SSSR count). The predicted molar refractivity (Wildman–Crippen MR) is 68.4 cm³/mol. The van der Waals surface area contributed by atoms with Crippen LogP contribution in [-0.2, 0) is 17.9 Å². The fourth-order valence-electron chi connectivity index (χ4n) is 1.41. The Labute approximate surface area is 99.0 Å². The van der Waals surface area contributed by atoms with Gasteiger partial charge in [0.2, 0.25) is 0 Å². The van der Waals surface area contributed by atoms with Crippen LogP contribution in [0, 0.1) is 0 Å². The molecule has 0 aromatic heterocycles. The van der Waals surface area contributed by atoms with Gasteiger partial charge in [-0.2, -0.15) is 0 Å². The zero-order valence-corrected chi connectivity index (χ0v) is 10.6. The Kier molecular flexibility index (Phi) is 6.12. The summed E-state index contributed by atoms with van der Waals surface area (Å²) in [5.41, 5.74) is 2.58. The van der Waals surface area contributed by atoms with Gasteiger partial charge in [0.1, 0.15) is 0 Å². The van der Waals surface area contributed by atoms with Crippen LogP contribution in [0.4, 0.5) is 0 Å². The van der Waals surface area contributed by atoms with Crippen molar-refractivity contribution in [2.45, 2.75) is 46.4 Å². The van der Waals surface area contributed by atoms with Crippen molar-refractivity contribution in [1.29, 1.82) is 0 Å². The molecule has 0 aliphatic rings. The zero-order chi connectivity index (χ0) is 11.8. The molecule has 0 radical (unpaired) electrons. The summed E-state index contributed by atoms with van der Waals surface area (Å²) in [5, 5.41) is 3.48. The molecule has 0 bridgehead atoms. The van der Waals surface area contributed by atoms with E-state index in [9.17, 15) is 0 Å². The molecule has 0 spiro atoms. The van der Waals surface area contributed by atoms with E-state index in [0.717, 1.165) is 19.8 Å². The fourth-order valence-corrected chi connectivity index (χ4v) is 1.41. The lowest BCUT2D eigenvalue weighted by Gasteiger charge is -2.11. The second-order valence-electron chi connectivity index (χ2n) is 4.14. The van der Waals surface area contributed by atoms with Gasteiger partial charge in [-0.25, -0.2) is 0 Å². The fraction of sp³-hybridized carbons (Fsp3) is 0.571. The third-order valence-electron chi connectivity index (χ3n) is 2.76. The maximum atomic E-state index is 5.36. The first kappa shape index (κ1) is 13.2. The summed E-state index contributed by atoms with van der Waals surface area (Å²) in [5.74, 6) is 0. The van der Waals surface area contributed by atoms with E-state index < -0.39 is 0 Å². The minimum atomic E-state index is 0.586. The van der Waals surface area contributed by atoms with Crippen LogP contribution >= 0.6 is 0 Å². The first-order valence-electron chi connectivity index (χ1n) is 6.15. The van der Waals surface area contributed by atoms with Gasteiger partial charge >= 0.3 is 0 Å². The van der Waals surface area contributed by atoms with Gasteiger partial charge in [0.15, 0.2) is 0 Å². The summed E-state index contributed by atoms with van der Waals surface area (Å²) in [6.45, 7) is 8.87. The maximum Gasteiger partial charge on any atom is 0.0716 e. The highest BCUT2D eigenvalue weighted by molar-refractivity contribution is 5.21. The number of rotatable bonds is 7. The highest BCUT2D eigenvalue weighted by atomic mass is 16.5. The van der Waals surface area contributed by atoms with Crippen LogP contribution in [0.15, 0.2) is 24.3 Å². The lowest BCUT2D eigenvalue weighted by atomic mass is 10.1. The Bertz CT molecular complexity index is 281. The van der Waals surface area contributed by atoms with E-state index in [1.807, 2.05) is 6.92 Å². The number of nitrogens with one attached hydrogen (secondary N) is 1. The molecular formula is C14H23NO. The standard InChI is InChI=1S/C14H23NO/c1-4-12(3)15-10-13-6-8-14(9-7-13)11-16-5-2/h6-9,12,15H,4-5,10-11H2,1-3H3. The maximum absolute atomic E-state index is 5.36. The molecule has 2 nitrogen and oxygen atoms in total. The van der Waals surface area contributed by atoms with Gasteiger partial charge in [-0.15, -0.1) is 0 Å². The normalized spacial score (nSPS) is 12.7. The Morgan fingerprint density at radius 3 is 2.31 bits per heavy atom. The predicted octanol–water partition coefficient (Wildman–Crippen LogP) is 3.11. The SMILES string of the molecule is CCOCc1ccc(CNC(C)CC)cc1. The molecule has 0 amide bonds. The van der Waals surface area contributed by atoms with E-state index in [1.54, 1.807) is 0 Å². The molecule has 0 saturated carbocycles. The van der Waals surface area contributed by atoms with Gasteiger partial charge in [0.05, 0.1) is 6.61 Å². The van der Waals surface area contributed by atoms with Crippen molar-refractivity contribution < 1.29 is 4.74 Å². The van der Waals surface area contributed by atoms with E-state index in [-0.39, 0.29) is 0 Å². The molecule has 90 valence electrons. The van der Waals surface area contributed by atoms with E-state index in [2.05, 4.69) is 43.4 Å². The number of benzene rings is 1. The number of hydrogen-bond acceptors (Lipinski definition) is 2. The summed E-state index contributed by atoms with van der Waals surface area (Å²) in [6.07, 6.45) is 1.17. The molecule has 1 atom stereocenters. The molecule has 1 aromatic rings. The van der Waals surface area contributed by atoms with E-state index >= 15 is 0 Å². The zero-order valence-electron chi connectivity index (χ0n) is 10.6. The average molecular weight is 221 g/mol. The van der Waals surface area contributed by atoms with Gasteiger partial charge < -0.3 is 10.1 Å². The van der Waals surface area contributed by atoms with Gasteiger partial charge in [-0.1, -0.05) is 31.2 Å². The third kappa shape index (κ3) is 4.77.